The number of benzene rings is 1. The van der Waals surface area contributed by atoms with Crippen LogP contribution in [-0.2, 0) is 9.53 Å². The molecule has 1 rings (SSSR count). The molecular formula is C11H15NO2. The van der Waals surface area contributed by atoms with Gasteiger partial charge in [-0.25, -0.2) is 0 Å². The van der Waals surface area contributed by atoms with Gasteiger partial charge >= 0.3 is 0 Å². The Morgan fingerprint density at radius 3 is 2.50 bits per heavy atom. The molecule has 0 atom stereocenters. The van der Waals surface area contributed by atoms with Crippen LogP contribution in [0, 0.1) is 0 Å². The van der Waals surface area contributed by atoms with Crippen LogP contribution >= 0.6 is 0 Å². The minimum Gasteiger partial charge on any atom is -0.375 e. The van der Waals surface area contributed by atoms with E-state index >= 15 is 0 Å². The molecule has 0 fully saturated rings. The summed E-state index contributed by atoms with van der Waals surface area (Å²) in [7, 11) is 1.52. The van der Waals surface area contributed by atoms with Crippen LogP contribution in [0.1, 0.15) is 6.92 Å². The maximum Gasteiger partial charge on any atom is 0.252 e. The normalized spacial score (nSPS) is 9.86. The monoisotopic (exact) mass is 193 g/mol. The number of anilines is 1. The van der Waals surface area contributed by atoms with Crippen molar-refractivity contribution < 1.29 is 9.53 Å². The van der Waals surface area contributed by atoms with E-state index in [2.05, 4.69) is 0 Å². The van der Waals surface area contributed by atoms with Crippen molar-refractivity contribution in [3.05, 3.63) is 30.3 Å². The Morgan fingerprint density at radius 2 is 2.00 bits per heavy atom. The Morgan fingerprint density at radius 1 is 1.36 bits per heavy atom. The Labute approximate surface area is 84.3 Å². The van der Waals surface area contributed by atoms with Gasteiger partial charge in [-0.2, -0.15) is 0 Å². The zero-order chi connectivity index (χ0) is 10.4. The van der Waals surface area contributed by atoms with Gasteiger partial charge < -0.3 is 9.64 Å². The minimum absolute atomic E-state index is 0.0128. The number of nitrogens with zero attached hydrogens (tertiary/aromatic N) is 1. The molecule has 0 spiro atoms. The number of amides is 1. The summed E-state index contributed by atoms with van der Waals surface area (Å²) in [5.41, 5.74) is 0.914. The van der Waals surface area contributed by atoms with Crippen LogP contribution in [0.4, 0.5) is 5.69 Å². The molecule has 1 aromatic carbocycles. The predicted octanol–water partition coefficient (Wildman–Crippen LogP) is 1.69. The molecule has 3 nitrogen and oxygen atoms in total. The highest BCUT2D eigenvalue weighted by Gasteiger charge is 2.12. The largest absolute Gasteiger partial charge is 0.375 e. The van der Waals surface area contributed by atoms with Crippen molar-refractivity contribution >= 4 is 11.6 Å². The van der Waals surface area contributed by atoms with Crippen LogP contribution in [0.2, 0.25) is 0 Å². The van der Waals surface area contributed by atoms with E-state index in [9.17, 15) is 4.79 Å². The van der Waals surface area contributed by atoms with Gasteiger partial charge in [-0.3, -0.25) is 4.79 Å². The molecule has 0 aliphatic rings. The number of carbonyl (C=O) groups excluding carboxylic acids is 1. The highest BCUT2D eigenvalue weighted by atomic mass is 16.5. The summed E-state index contributed by atoms with van der Waals surface area (Å²) in [5.74, 6) is -0.0128. The Bertz CT molecular complexity index is 285. The molecule has 0 bridgehead atoms. The quantitative estimate of drug-likeness (QED) is 0.728. The molecule has 0 saturated heterocycles. The number of hydrogen-bond donors (Lipinski definition) is 0. The number of rotatable bonds is 4. The fourth-order valence-corrected chi connectivity index (χ4v) is 1.31. The molecule has 76 valence electrons. The second kappa shape index (κ2) is 5.40. The molecule has 0 N–H and O–H groups in total. The highest BCUT2D eigenvalue weighted by Crippen LogP contribution is 2.12. The van der Waals surface area contributed by atoms with E-state index in [0.717, 1.165) is 5.69 Å². The lowest BCUT2D eigenvalue weighted by molar-refractivity contribution is -0.122. The summed E-state index contributed by atoms with van der Waals surface area (Å²) < 4.78 is 4.82. The van der Waals surface area contributed by atoms with E-state index < -0.39 is 0 Å². The Kier molecular flexibility index (Phi) is 4.13. The van der Waals surface area contributed by atoms with Gasteiger partial charge in [-0.05, 0) is 19.1 Å². The van der Waals surface area contributed by atoms with Crippen molar-refractivity contribution in [3.63, 3.8) is 0 Å². The van der Waals surface area contributed by atoms with Gasteiger partial charge in [0, 0.05) is 19.3 Å². The maximum absolute atomic E-state index is 11.6. The lowest BCUT2D eigenvalue weighted by Crippen LogP contribution is -2.33. The molecule has 0 radical (unpaired) electrons. The molecule has 0 saturated carbocycles. The van der Waals surface area contributed by atoms with Gasteiger partial charge in [0.25, 0.3) is 5.91 Å². The summed E-state index contributed by atoms with van der Waals surface area (Å²) in [6, 6.07) is 9.59. The number of ether oxygens (including phenoxy) is 1. The van der Waals surface area contributed by atoms with Crippen molar-refractivity contribution in [3.8, 4) is 0 Å². The van der Waals surface area contributed by atoms with E-state index in [4.69, 9.17) is 4.74 Å². The molecule has 1 aromatic rings. The van der Waals surface area contributed by atoms with Gasteiger partial charge in [0.2, 0.25) is 0 Å². The van der Waals surface area contributed by atoms with E-state index in [1.165, 1.54) is 7.11 Å². The minimum atomic E-state index is -0.0128. The third kappa shape index (κ3) is 2.57. The molecule has 0 aliphatic carbocycles. The van der Waals surface area contributed by atoms with Crippen LogP contribution in [-0.4, -0.2) is 26.2 Å². The lowest BCUT2D eigenvalue weighted by atomic mass is 10.3. The first kappa shape index (κ1) is 10.7. The second-order valence-corrected chi connectivity index (χ2v) is 2.91. The summed E-state index contributed by atoms with van der Waals surface area (Å²) in [5, 5.41) is 0. The van der Waals surface area contributed by atoms with E-state index in [1.807, 2.05) is 37.3 Å². The van der Waals surface area contributed by atoms with Gasteiger partial charge in [0.15, 0.2) is 0 Å². The zero-order valence-electron chi connectivity index (χ0n) is 8.56. The fourth-order valence-electron chi connectivity index (χ4n) is 1.31. The average Bonchev–Trinajstić information content (AvgIpc) is 2.21. The predicted molar refractivity (Wildman–Crippen MR) is 56.3 cm³/mol. The third-order valence-electron chi connectivity index (χ3n) is 1.95. The van der Waals surface area contributed by atoms with Crippen molar-refractivity contribution in [2.75, 3.05) is 25.2 Å². The topological polar surface area (TPSA) is 29.5 Å². The first-order valence-corrected chi connectivity index (χ1v) is 4.64. The molecule has 3 heteroatoms. The summed E-state index contributed by atoms with van der Waals surface area (Å²) in [6.07, 6.45) is 0. The van der Waals surface area contributed by atoms with Crippen molar-refractivity contribution in [2.24, 2.45) is 0 Å². The molecule has 1 amide bonds. The number of likely N-dealkylation sites (N-methyl/N-ethyl adjacent to an activating group) is 1. The van der Waals surface area contributed by atoms with Crippen LogP contribution in [0.5, 0.6) is 0 Å². The summed E-state index contributed by atoms with van der Waals surface area (Å²) >= 11 is 0. The van der Waals surface area contributed by atoms with Crippen molar-refractivity contribution in [1.82, 2.24) is 0 Å². The highest BCUT2D eigenvalue weighted by molar-refractivity contribution is 5.94. The summed E-state index contributed by atoms with van der Waals surface area (Å²) in [6.45, 7) is 2.73. The van der Waals surface area contributed by atoms with Crippen LogP contribution in [0.15, 0.2) is 30.3 Å². The lowest BCUT2D eigenvalue weighted by Gasteiger charge is -2.20. The van der Waals surface area contributed by atoms with Gasteiger partial charge in [0.1, 0.15) is 6.61 Å². The van der Waals surface area contributed by atoms with Gasteiger partial charge in [0.05, 0.1) is 0 Å². The smallest absolute Gasteiger partial charge is 0.252 e. The average molecular weight is 193 g/mol. The first-order valence-electron chi connectivity index (χ1n) is 4.64. The molecule has 0 unspecified atom stereocenters. The van der Waals surface area contributed by atoms with Gasteiger partial charge in [-0.15, -0.1) is 0 Å². The van der Waals surface area contributed by atoms with Crippen molar-refractivity contribution in [2.45, 2.75) is 6.92 Å². The van der Waals surface area contributed by atoms with E-state index in [0.29, 0.717) is 6.54 Å². The maximum atomic E-state index is 11.6. The number of para-hydroxylation sites is 1. The Balaban J connectivity index is 2.77. The van der Waals surface area contributed by atoms with E-state index in [-0.39, 0.29) is 12.5 Å². The third-order valence-corrected chi connectivity index (χ3v) is 1.95. The van der Waals surface area contributed by atoms with Crippen molar-refractivity contribution in [1.29, 1.82) is 0 Å². The second-order valence-electron chi connectivity index (χ2n) is 2.91. The number of hydrogen-bond acceptors (Lipinski definition) is 2. The van der Waals surface area contributed by atoms with E-state index in [1.54, 1.807) is 4.90 Å². The number of carbonyl (C=O) groups is 1. The fraction of sp³-hybridized carbons (Fsp3) is 0.364. The first-order chi connectivity index (χ1) is 6.79. The van der Waals surface area contributed by atoms with Crippen LogP contribution in [0.3, 0.4) is 0 Å². The molecule has 0 aromatic heterocycles. The molecular weight excluding hydrogens is 178 g/mol. The Hall–Kier alpha value is -1.35. The molecule has 0 aliphatic heterocycles. The van der Waals surface area contributed by atoms with Gasteiger partial charge in [-0.1, -0.05) is 18.2 Å². The SMILES string of the molecule is CCN(C(=O)COC)c1ccccc1. The molecule has 0 heterocycles. The number of methoxy groups -OCH3 is 1. The standard InChI is InChI=1S/C11H15NO2/c1-3-12(11(13)9-14-2)10-7-5-4-6-8-10/h4-8H,3,9H2,1-2H3. The summed E-state index contributed by atoms with van der Waals surface area (Å²) in [4.78, 5) is 13.3. The molecule has 14 heavy (non-hydrogen) atoms. The zero-order valence-corrected chi connectivity index (χ0v) is 8.56. The van der Waals surface area contributed by atoms with Crippen LogP contribution in [0.25, 0.3) is 0 Å². The van der Waals surface area contributed by atoms with Crippen LogP contribution < -0.4 is 4.90 Å².